The van der Waals surface area contributed by atoms with Crippen LogP contribution < -0.4 is 5.32 Å². The number of nitrogens with zero attached hydrogens (tertiary/aromatic N) is 2. The van der Waals surface area contributed by atoms with Crippen molar-refractivity contribution in [2.24, 2.45) is 7.05 Å². The van der Waals surface area contributed by atoms with Gasteiger partial charge in [-0.25, -0.2) is 0 Å². The summed E-state index contributed by atoms with van der Waals surface area (Å²) < 4.78 is 7.38. The fourth-order valence-electron chi connectivity index (χ4n) is 1.93. The molecule has 0 radical (unpaired) electrons. The SMILES string of the molecule is Cn1cc(CNCC[C@@H]2CCCO2)cn1. The van der Waals surface area contributed by atoms with E-state index in [2.05, 4.69) is 10.4 Å². The Balaban J connectivity index is 1.58. The van der Waals surface area contributed by atoms with Crippen LogP contribution in [0.5, 0.6) is 0 Å². The Morgan fingerprint density at radius 1 is 1.67 bits per heavy atom. The Morgan fingerprint density at radius 3 is 3.27 bits per heavy atom. The summed E-state index contributed by atoms with van der Waals surface area (Å²) in [6.45, 7) is 2.88. The lowest BCUT2D eigenvalue weighted by Crippen LogP contribution is -2.19. The molecule has 0 aromatic carbocycles. The highest BCUT2D eigenvalue weighted by Gasteiger charge is 2.14. The van der Waals surface area contributed by atoms with Gasteiger partial charge in [0.2, 0.25) is 0 Å². The molecule has 2 rings (SSSR count). The first-order chi connectivity index (χ1) is 7.34. The van der Waals surface area contributed by atoms with Gasteiger partial charge in [-0.15, -0.1) is 0 Å². The zero-order valence-corrected chi connectivity index (χ0v) is 9.28. The third-order valence-electron chi connectivity index (χ3n) is 2.75. The summed E-state index contributed by atoms with van der Waals surface area (Å²) in [6.07, 6.45) is 8.02. The van der Waals surface area contributed by atoms with Crippen LogP contribution in [0.15, 0.2) is 12.4 Å². The largest absolute Gasteiger partial charge is 0.378 e. The molecule has 0 aliphatic carbocycles. The lowest BCUT2D eigenvalue weighted by molar-refractivity contribution is 0.104. The van der Waals surface area contributed by atoms with Crippen molar-refractivity contribution in [3.8, 4) is 0 Å². The standard InChI is InChI=1S/C11H19N3O/c1-14-9-10(8-13-14)7-12-5-4-11-3-2-6-15-11/h8-9,11-12H,2-7H2,1H3/t11-/m0/s1. The van der Waals surface area contributed by atoms with Crippen molar-refractivity contribution >= 4 is 0 Å². The molecule has 1 aromatic heterocycles. The second-order valence-electron chi connectivity index (χ2n) is 4.12. The second-order valence-corrected chi connectivity index (χ2v) is 4.12. The summed E-state index contributed by atoms with van der Waals surface area (Å²) in [6, 6.07) is 0. The molecule has 2 heterocycles. The fourth-order valence-corrected chi connectivity index (χ4v) is 1.93. The highest BCUT2D eigenvalue weighted by Crippen LogP contribution is 2.14. The molecule has 0 saturated carbocycles. The minimum absolute atomic E-state index is 0.492. The molecule has 4 nitrogen and oxygen atoms in total. The first kappa shape index (κ1) is 10.6. The van der Waals surface area contributed by atoms with Gasteiger partial charge in [0.05, 0.1) is 12.3 Å². The van der Waals surface area contributed by atoms with Gasteiger partial charge in [0.1, 0.15) is 0 Å². The Kier molecular flexibility index (Phi) is 3.75. The second kappa shape index (κ2) is 5.28. The molecule has 0 bridgehead atoms. The smallest absolute Gasteiger partial charge is 0.0588 e. The molecule has 4 heteroatoms. The van der Waals surface area contributed by atoms with Crippen molar-refractivity contribution in [2.45, 2.75) is 31.9 Å². The van der Waals surface area contributed by atoms with Crippen LogP contribution in [0, 0.1) is 0 Å². The normalized spacial score (nSPS) is 21.0. The van der Waals surface area contributed by atoms with E-state index in [1.165, 1.54) is 18.4 Å². The molecule has 0 amide bonds. The van der Waals surface area contributed by atoms with Gasteiger partial charge in [-0.1, -0.05) is 0 Å². The Labute approximate surface area is 90.6 Å². The number of nitrogens with one attached hydrogen (secondary N) is 1. The van der Waals surface area contributed by atoms with Crippen LogP contribution in [0.3, 0.4) is 0 Å². The van der Waals surface area contributed by atoms with Gasteiger partial charge < -0.3 is 10.1 Å². The molecule has 84 valence electrons. The third-order valence-corrected chi connectivity index (χ3v) is 2.75. The van der Waals surface area contributed by atoms with E-state index in [-0.39, 0.29) is 0 Å². The zero-order chi connectivity index (χ0) is 10.5. The average molecular weight is 209 g/mol. The van der Waals surface area contributed by atoms with Crippen LogP contribution in [0.25, 0.3) is 0 Å². The highest BCUT2D eigenvalue weighted by molar-refractivity contribution is 5.02. The lowest BCUT2D eigenvalue weighted by Gasteiger charge is -2.09. The van der Waals surface area contributed by atoms with Gasteiger partial charge in [0.15, 0.2) is 0 Å². The van der Waals surface area contributed by atoms with Crippen molar-refractivity contribution in [1.29, 1.82) is 0 Å². The number of ether oxygens (including phenoxy) is 1. The Hall–Kier alpha value is -0.870. The topological polar surface area (TPSA) is 39.1 Å². The van der Waals surface area contributed by atoms with Gasteiger partial charge in [-0.2, -0.15) is 5.10 Å². The van der Waals surface area contributed by atoms with E-state index >= 15 is 0 Å². The molecule has 0 spiro atoms. The molecule has 15 heavy (non-hydrogen) atoms. The Morgan fingerprint density at radius 2 is 2.60 bits per heavy atom. The van der Waals surface area contributed by atoms with Crippen molar-refractivity contribution < 1.29 is 4.74 Å². The molecular formula is C11H19N3O. The Bertz CT molecular complexity index is 292. The van der Waals surface area contributed by atoms with E-state index in [1.54, 1.807) is 0 Å². The molecule has 1 aliphatic heterocycles. The van der Waals surface area contributed by atoms with Gasteiger partial charge >= 0.3 is 0 Å². The molecule has 1 aliphatic rings. The molecule has 1 N–H and O–H groups in total. The first-order valence-corrected chi connectivity index (χ1v) is 5.64. The summed E-state index contributed by atoms with van der Waals surface area (Å²) in [5.41, 5.74) is 1.24. The van der Waals surface area contributed by atoms with Crippen molar-refractivity contribution in [3.05, 3.63) is 18.0 Å². The summed E-state index contributed by atoms with van der Waals surface area (Å²) >= 11 is 0. The monoisotopic (exact) mass is 209 g/mol. The predicted molar refractivity (Wildman–Crippen MR) is 58.5 cm³/mol. The molecule has 1 aromatic rings. The fraction of sp³-hybridized carbons (Fsp3) is 0.727. The third kappa shape index (κ3) is 3.32. The van der Waals surface area contributed by atoms with Crippen LogP contribution in [0.1, 0.15) is 24.8 Å². The van der Waals surface area contributed by atoms with Gasteiger partial charge in [-0.3, -0.25) is 4.68 Å². The minimum Gasteiger partial charge on any atom is -0.378 e. The van der Waals surface area contributed by atoms with Crippen molar-refractivity contribution in [2.75, 3.05) is 13.2 Å². The predicted octanol–water partition coefficient (Wildman–Crippen LogP) is 1.08. The van der Waals surface area contributed by atoms with Crippen LogP contribution >= 0.6 is 0 Å². The number of rotatable bonds is 5. The summed E-state index contributed by atoms with van der Waals surface area (Å²) in [5.74, 6) is 0. The van der Waals surface area contributed by atoms with Gasteiger partial charge in [0, 0.05) is 32.0 Å². The van der Waals surface area contributed by atoms with Gasteiger partial charge in [-0.05, 0) is 25.8 Å². The van der Waals surface area contributed by atoms with E-state index in [0.29, 0.717) is 6.10 Å². The minimum atomic E-state index is 0.492. The van der Waals surface area contributed by atoms with E-state index in [9.17, 15) is 0 Å². The summed E-state index contributed by atoms with van der Waals surface area (Å²) in [7, 11) is 1.94. The van der Waals surface area contributed by atoms with Crippen LogP contribution in [-0.4, -0.2) is 29.0 Å². The molecule has 1 fully saturated rings. The summed E-state index contributed by atoms with van der Waals surface area (Å²) in [4.78, 5) is 0. The number of hydrogen-bond donors (Lipinski definition) is 1. The van der Waals surface area contributed by atoms with E-state index in [4.69, 9.17) is 4.74 Å². The molecule has 1 saturated heterocycles. The molecule has 1 atom stereocenters. The van der Waals surface area contributed by atoms with Crippen molar-refractivity contribution in [3.63, 3.8) is 0 Å². The van der Waals surface area contributed by atoms with E-state index in [0.717, 1.165) is 26.1 Å². The number of aromatic nitrogens is 2. The zero-order valence-electron chi connectivity index (χ0n) is 9.28. The number of aryl methyl sites for hydroxylation is 1. The lowest BCUT2D eigenvalue weighted by atomic mass is 10.2. The van der Waals surface area contributed by atoms with E-state index in [1.807, 2.05) is 24.1 Å². The quantitative estimate of drug-likeness (QED) is 0.738. The maximum atomic E-state index is 5.55. The maximum absolute atomic E-state index is 5.55. The van der Waals surface area contributed by atoms with Crippen LogP contribution in [0.4, 0.5) is 0 Å². The highest BCUT2D eigenvalue weighted by atomic mass is 16.5. The maximum Gasteiger partial charge on any atom is 0.0588 e. The van der Waals surface area contributed by atoms with Crippen LogP contribution in [-0.2, 0) is 18.3 Å². The average Bonchev–Trinajstić information content (AvgIpc) is 2.84. The van der Waals surface area contributed by atoms with Crippen LogP contribution in [0.2, 0.25) is 0 Å². The summed E-state index contributed by atoms with van der Waals surface area (Å²) in [5, 5.41) is 7.53. The molecule has 0 unspecified atom stereocenters. The van der Waals surface area contributed by atoms with E-state index < -0.39 is 0 Å². The van der Waals surface area contributed by atoms with Gasteiger partial charge in [0.25, 0.3) is 0 Å². The van der Waals surface area contributed by atoms with Crippen molar-refractivity contribution in [1.82, 2.24) is 15.1 Å². The molecular weight excluding hydrogens is 190 g/mol. The first-order valence-electron chi connectivity index (χ1n) is 5.64. The number of hydrogen-bond acceptors (Lipinski definition) is 3.